The van der Waals surface area contributed by atoms with Gasteiger partial charge >= 0.3 is 0 Å². The molecule has 1 rings (SSSR count). The molecule has 1 atom stereocenters. The molecule has 0 spiro atoms. The van der Waals surface area contributed by atoms with Crippen molar-refractivity contribution in [3.63, 3.8) is 0 Å². The summed E-state index contributed by atoms with van der Waals surface area (Å²) in [6.07, 6.45) is 12.7. The van der Waals surface area contributed by atoms with Crippen LogP contribution in [0.3, 0.4) is 0 Å². The molecule has 1 saturated heterocycles. The molecule has 1 aliphatic rings. The summed E-state index contributed by atoms with van der Waals surface area (Å²) in [5, 5.41) is 0. The minimum absolute atomic E-state index is 0.383. The monoisotopic (exact) mass is 228 g/mol. The summed E-state index contributed by atoms with van der Waals surface area (Å²) in [5.74, 6) is 0. The molecular weight excluding hydrogens is 200 g/mol. The molecule has 0 radical (unpaired) electrons. The van der Waals surface area contributed by atoms with Crippen molar-refractivity contribution in [2.75, 3.05) is 19.8 Å². The Hall–Kier alpha value is -0.0800. The maximum absolute atomic E-state index is 5.61. The van der Waals surface area contributed by atoms with E-state index in [9.17, 15) is 0 Å². The summed E-state index contributed by atoms with van der Waals surface area (Å²) in [7, 11) is 0. The van der Waals surface area contributed by atoms with E-state index in [0.29, 0.717) is 6.10 Å². The Morgan fingerprint density at radius 2 is 1.56 bits per heavy atom. The largest absolute Gasteiger partial charge is 0.376 e. The Bertz CT molecular complexity index is 142. The van der Waals surface area contributed by atoms with Crippen LogP contribution in [0.4, 0.5) is 0 Å². The zero-order valence-electron chi connectivity index (χ0n) is 10.9. The van der Waals surface area contributed by atoms with E-state index in [1.807, 2.05) is 0 Å². The highest BCUT2D eigenvalue weighted by molar-refractivity contribution is 4.61. The predicted molar refractivity (Wildman–Crippen MR) is 67.8 cm³/mol. The molecule has 0 saturated carbocycles. The van der Waals surface area contributed by atoms with Crippen LogP contribution in [-0.4, -0.2) is 25.9 Å². The predicted octanol–water partition coefficient (Wildman–Crippen LogP) is 3.93. The number of rotatable bonds is 9. The van der Waals surface area contributed by atoms with Gasteiger partial charge in [-0.1, -0.05) is 58.3 Å². The van der Waals surface area contributed by atoms with Gasteiger partial charge < -0.3 is 9.47 Å². The van der Waals surface area contributed by atoms with Gasteiger partial charge in [0.15, 0.2) is 0 Å². The number of ether oxygens (including phenoxy) is 2. The van der Waals surface area contributed by atoms with Crippen LogP contribution in [0, 0.1) is 0 Å². The fraction of sp³-hybridized carbons (Fsp3) is 1.00. The molecule has 2 heteroatoms. The van der Waals surface area contributed by atoms with Gasteiger partial charge in [0.25, 0.3) is 0 Å². The summed E-state index contributed by atoms with van der Waals surface area (Å²) in [6.45, 7) is 4.67. The summed E-state index contributed by atoms with van der Waals surface area (Å²) in [5.41, 5.74) is 0. The molecular formula is C14H28O2. The van der Waals surface area contributed by atoms with Crippen molar-refractivity contribution in [1.29, 1.82) is 0 Å². The lowest BCUT2D eigenvalue weighted by molar-refractivity contribution is -0.0912. The van der Waals surface area contributed by atoms with Crippen LogP contribution in [0.2, 0.25) is 0 Å². The average Bonchev–Trinajstić information content (AvgIpc) is 2.34. The molecule has 0 aromatic rings. The first kappa shape index (κ1) is 14.0. The standard InChI is InChI=1S/C14H28O2/c1-2-3-4-5-6-7-8-9-10-14-13-15-11-12-16-14/h14H,2-13H2,1H3. The minimum atomic E-state index is 0.383. The minimum Gasteiger partial charge on any atom is -0.376 e. The van der Waals surface area contributed by atoms with Crippen LogP contribution >= 0.6 is 0 Å². The maximum atomic E-state index is 5.61. The van der Waals surface area contributed by atoms with E-state index < -0.39 is 0 Å². The molecule has 1 fully saturated rings. The van der Waals surface area contributed by atoms with Gasteiger partial charge in [-0.25, -0.2) is 0 Å². The van der Waals surface area contributed by atoms with Crippen LogP contribution in [0.5, 0.6) is 0 Å². The SMILES string of the molecule is CCCCCCCCCCC1COCCO1. The summed E-state index contributed by atoms with van der Waals surface area (Å²) in [4.78, 5) is 0. The highest BCUT2D eigenvalue weighted by atomic mass is 16.6. The fourth-order valence-corrected chi connectivity index (χ4v) is 2.21. The van der Waals surface area contributed by atoms with E-state index in [1.54, 1.807) is 0 Å². The van der Waals surface area contributed by atoms with E-state index in [1.165, 1.54) is 57.8 Å². The van der Waals surface area contributed by atoms with Crippen molar-refractivity contribution in [2.45, 2.75) is 70.8 Å². The fourth-order valence-electron chi connectivity index (χ4n) is 2.21. The molecule has 96 valence electrons. The second kappa shape index (κ2) is 10.1. The topological polar surface area (TPSA) is 18.5 Å². The lowest BCUT2D eigenvalue weighted by atomic mass is 10.1. The Labute approximate surface area is 101 Å². The molecule has 0 N–H and O–H groups in total. The van der Waals surface area contributed by atoms with Gasteiger partial charge in [0.05, 0.1) is 25.9 Å². The van der Waals surface area contributed by atoms with Crippen molar-refractivity contribution >= 4 is 0 Å². The van der Waals surface area contributed by atoms with Gasteiger partial charge in [-0.3, -0.25) is 0 Å². The van der Waals surface area contributed by atoms with Gasteiger partial charge in [-0.05, 0) is 6.42 Å². The van der Waals surface area contributed by atoms with E-state index in [-0.39, 0.29) is 0 Å². The molecule has 0 aliphatic carbocycles. The van der Waals surface area contributed by atoms with E-state index in [0.717, 1.165) is 19.8 Å². The van der Waals surface area contributed by atoms with Crippen LogP contribution in [0.15, 0.2) is 0 Å². The van der Waals surface area contributed by atoms with Crippen LogP contribution < -0.4 is 0 Å². The van der Waals surface area contributed by atoms with Crippen molar-refractivity contribution < 1.29 is 9.47 Å². The van der Waals surface area contributed by atoms with Crippen molar-refractivity contribution in [2.24, 2.45) is 0 Å². The Morgan fingerprint density at radius 3 is 2.19 bits per heavy atom. The summed E-state index contributed by atoms with van der Waals surface area (Å²) in [6, 6.07) is 0. The molecule has 0 bridgehead atoms. The third-order valence-electron chi connectivity index (χ3n) is 3.26. The van der Waals surface area contributed by atoms with Crippen molar-refractivity contribution in [1.82, 2.24) is 0 Å². The first-order chi connectivity index (χ1) is 7.93. The lowest BCUT2D eigenvalue weighted by Gasteiger charge is -2.22. The Kier molecular flexibility index (Phi) is 8.83. The van der Waals surface area contributed by atoms with Crippen molar-refractivity contribution in [3.05, 3.63) is 0 Å². The van der Waals surface area contributed by atoms with Gasteiger partial charge in [-0.2, -0.15) is 0 Å². The number of hydrogen-bond donors (Lipinski definition) is 0. The molecule has 1 aliphatic heterocycles. The normalized spacial score (nSPS) is 21.2. The zero-order chi connectivity index (χ0) is 11.5. The Morgan fingerprint density at radius 1 is 0.875 bits per heavy atom. The molecule has 1 unspecified atom stereocenters. The third kappa shape index (κ3) is 7.24. The first-order valence-electron chi connectivity index (χ1n) is 7.13. The van der Waals surface area contributed by atoms with Gasteiger partial charge in [0, 0.05) is 0 Å². The number of hydrogen-bond acceptors (Lipinski definition) is 2. The van der Waals surface area contributed by atoms with E-state index in [4.69, 9.17) is 9.47 Å². The highest BCUT2D eigenvalue weighted by Crippen LogP contribution is 2.13. The van der Waals surface area contributed by atoms with Crippen molar-refractivity contribution in [3.8, 4) is 0 Å². The molecule has 16 heavy (non-hydrogen) atoms. The molecule has 0 amide bonds. The van der Waals surface area contributed by atoms with Gasteiger partial charge in [0.1, 0.15) is 0 Å². The second-order valence-corrected chi connectivity index (χ2v) is 4.83. The van der Waals surface area contributed by atoms with Crippen LogP contribution in [0.25, 0.3) is 0 Å². The third-order valence-corrected chi connectivity index (χ3v) is 3.26. The second-order valence-electron chi connectivity index (χ2n) is 4.83. The lowest BCUT2D eigenvalue weighted by Crippen LogP contribution is -2.28. The maximum Gasteiger partial charge on any atom is 0.0809 e. The quantitative estimate of drug-likeness (QED) is 0.557. The zero-order valence-corrected chi connectivity index (χ0v) is 10.9. The van der Waals surface area contributed by atoms with E-state index >= 15 is 0 Å². The van der Waals surface area contributed by atoms with Crippen LogP contribution in [0.1, 0.15) is 64.7 Å². The molecule has 0 aromatic carbocycles. The molecule has 2 nitrogen and oxygen atoms in total. The smallest absolute Gasteiger partial charge is 0.0809 e. The number of unbranched alkanes of at least 4 members (excludes halogenated alkanes) is 7. The summed E-state index contributed by atoms with van der Waals surface area (Å²) >= 11 is 0. The highest BCUT2D eigenvalue weighted by Gasteiger charge is 2.12. The first-order valence-corrected chi connectivity index (χ1v) is 7.13. The van der Waals surface area contributed by atoms with E-state index in [2.05, 4.69) is 6.92 Å². The van der Waals surface area contributed by atoms with Crippen LogP contribution in [-0.2, 0) is 9.47 Å². The Balaban J connectivity index is 1.77. The van der Waals surface area contributed by atoms with Gasteiger partial charge in [0.2, 0.25) is 0 Å². The average molecular weight is 228 g/mol. The van der Waals surface area contributed by atoms with Gasteiger partial charge in [-0.15, -0.1) is 0 Å². The molecule has 1 heterocycles. The molecule has 0 aromatic heterocycles. The summed E-state index contributed by atoms with van der Waals surface area (Å²) < 4.78 is 11.0.